The quantitative estimate of drug-likeness (QED) is 0.155. The van der Waals surface area contributed by atoms with Crippen molar-refractivity contribution in [3.63, 3.8) is 0 Å². The first kappa shape index (κ1) is 25.8. The lowest BCUT2D eigenvalue weighted by molar-refractivity contribution is -0.697. The summed E-state index contributed by atoms with van der Waals surface area (Å²) in [6.07, 6.45) is 17.4. The molecule has 196 valence electrons. The molecule has 0 radical (unpaired) electrons. The second-order valence-electron chi connectivity index (χ2n) is 10.9. The molecule has 6 heteroatoms. The van der Waals surface area contributed by atoms with Crippen LogP contribution in [-0.4, -0.2) is 25.3 Å². The lowest BCUT2D eigenvalue weighted by Gasteiger charge is -2.51. The van der Waals surface area contributed by atoms with Crippen molar-refractivity contribution in [2.24, 2.45) is 23.7 Å². The van der Waals surface area contributed by atoms with Gasteiger partial charge in [-0.25, -0.2) is 4.57 Å². The minimum Gasteiger partial charge on any atom is -0.506 e. The van der Waals surface area contributed by atoms with Crippen LogP contribution < -0.4 is 4.57 Å². The molecule has 2 aromatic rings. The third-order valence-corrected chi connectivity index (χ3v) is 8.88. The number of hydrogen-bond acceptors (Lipinski definition) is 4. The highest BCUT2D eigenvalue weighted by Crippen LogP contribution is 2.58. The standard InChI is InChI=1S/C31H36ClNO4/c1-36-31(28-25-16-22-15-23(18-25)19-26(28)17-22)27-8-7-24(30(35)29(27)32)6-5-21-9-12-33(13-10-21)11-3-2-4-14-37-20-34/h5-10,12-13,20,22-23,25-26H,2-4,11,14-19H2,1H3/p+1. The summed E-state index contributed by atoms with van der Waals surface area (Å²) in [5.41, 5.74) is 3.98. The number of nitrogens with zero attached hydrogens (tertiary/aromatic N) is 1. The molecule has 4 bridgehead atoms. The highest BCUT2D eigenvalue weighted by molar-refractivity contribution is 6.34. The number of hydrogen-bond donors (Lipinski definition) is 1. The van der Waals surface area contributed by atoms with Gasteiger partial charge in [-0.3, -0.25) is 4.79 Å². The Balaban J connectivity index is 1.27. The van der Waals surface area contributed by atoms with Crippen molar-refractivity contribution in [1.82, 2.24) is 0 Å². The number of phenols is 1. The van der Waals surface area contributed by atoms with Gasteiger partial charge in [-0.1, -0.05) is 29.8 Å². The summed E-state index contributed by atoms with van der Waals surface area (Å²) in [6, 6.07) is 8.04. The largest absolute Gasteiger partial charge is 0.506 e. The molecule has 0 spiro atoms. The summed E-state index contributed by atoms with van der Waals surface area (Å²) in [4.78, 5) is 10.2. The molecule has 6 rings (SSSR count). The molecule has 4 aliphatic carbocycles. The topological polar surface area (TPSA) is 59.6 Å². The first-order valence-corrected chi connectivity index (χ1v) is 14.0. The fourth-order valence-corrected chi connectivity index (χ4v) is 7.21. The van der Waals surface area contributed by atoms with Gasteiger partial charge in [0.05, 0.1) is 18.7 Å². The van der Waals surface area contributed by atoms with Gasteiger partial charge in [-0.05, 0) is 85.8 Å². The number of allylic oxidation sites excluding steroid dienone is 1. The zero-order chi connectivity index (χ0) is 25.8. The molecule has 1 heterocycles. The maximum atomic E-state index is 11.0. The first-order chi connectivity index (χ1) is 18.1. The maximum Gasteiger partial charge on any atom is 0.293 e. The van der Waals surface area contributed by atoms with Crippen LogP contribution in [-0.2, 0) is 20.8 Å². The van der Waals surface area contributed by atoms with Crippen LogP contribution in [0.1, 0.15) is 68.1 Å². The van der Waals surface area contributed by atoms with Crippen molar-refractivity contribution in [2.45, 2.75) is 57.9 Å². The fourth-order valence-electron chi connectivity index (χ4n) is 6.96. The molecular formula is C31H37ClNO4+. The highest BCUT2D eigenvalue weighted by atomic mass is 35.5. The van der Waals surface area contributed by atoms with Gasteiger partial charge < -0.3 is 14.6 Å². The van der Waals surface area contributed by atoms with E-state index in [0.717, 1.165) is 54.5 Å². The number of benzene rings is 1. The van der Waals surface area contributed by atoms with Gasteiger partial charge in [0, 0.05) is 29.7 Å². The Hall–Kier alpha value is -2.79. The van der Waals surface area contributed by atoms with E-state index >= 15 is 0 Å². The van der Waals surface area contributed by atoms with E-state index in [-0.39, 0.29) is 5.75 Å². The smallest absolute Gasteiger partial charge is 0.293 e. The summed E-state index contributed by atoms with van der Waals surface area (Å²) in [5.74, 6) is 3.93. The molecular weight excluding hydrogens is 486 g/mol. The van der Waals surface area contributed by atoms with E-state index in [4.69, 9.17) is 21.1 Å². The lowest BCUT2D eigenvalue weighted by Crippen LogP contribution is -2.40. The van der Waals surface area contributed by atoms with E-state index in [0.29, 0.717) is 35.5 Å². The Bertz CT molecular complexity index is 1140. The van der Waals surface area contributed by atoms with E-state index < -0.39 is 0 Å². The molecule has 4 aliphatic rings. The Morgan fingerprint density at radius 2 is 1.70 bits per heavy atom. The van der Waals surface area contributed by atoms with Crippen LogP contribution in [0.15, 0.2) is 42.2 Å². The van der Waals surface area contributed by atoms with Gasteiger partial charge in [0.1, 0.15) is 18.1 Å². The van der Waals surface area contributed by atoms with Crippen LogP contribution in [0.3, 0.4) is 0 Å². The number of aromatic nitrogens is 1. The average molecular weight is 523 g/mol. The van der Waals surface area contributed by atoms with Crippen molar-refractivity contribution in [3.8, 4) is 5.75 Å². The Morgan fingerprint density at radius 1 is 1.00 bits per heavy atom. The fraction of sp³-hybridized carbons (Fsp3) is 0.484. The summed E-state index contributed by atoms with van der Waals surface area (Å²) in [6.45, 7) is 1.91. The number of carbonyl (C=O) groups excluding carboxylic acids is 1. The van der Waals surface area contributed by atoms with Crippen LogP contribution in [0.4, 0.5) is 0 Å². The van der Waals surface area contributed by atoms with Crippen molar-refractivity contribution >= 4 is 36.0 Å². The van der Waals surface area contributed by atoms with Crippen LogP contribution in [0.2, 0.25) is 5.02 Å². The predicted octanol–water partition coefficient (Wildman–Crippen LogP) is 6.66. The highest BCUT2D eigenvalue weighted by Gasteiger charge is 2.47. The number of aryl methyl sites for hydroxylation is 1. The lowest BCUT2D eigenvalue weighted by atomic mass is 9.54. The number of methoxy groups -OCH3 is 1. The molecule has 0 amide bonds. The third kappa shape index (κ3) is 5.72. The molecule has 0 aliphatic heterocycles. The van der Waals surface area contributed by atoms with E-state index in [2.05, 4.69) is 29.1 Å². The molecule has 1 aromatic carbocycles. The monoisotopic (exact) mass is 522 g/mol. The van der Waals surface area contributed by atoms with Gasteiger partial charge in [0.2, 0.25) is 0 Å². The third-order valence-electron chi connectivity index (χ3n) is 8.49. The maximum absolute atomic E-state index is 11.0. The number of aromatic hydroxyl groups is 1. The van der Waals surface area contributed by atoms with Crippen molar-refractivity contribution < 1.29 is 23.9 Å². The average Bonchev–Trinajstić information content (AvgIpc) is 2.90. The normalized spacial score (nSPS) is 24.0. The molecule has 1 aromatic heterocycles. The summed E-state index contributed by atoms with van der Waals surface area (Å²) in [7, 11) is 1.73. The Morgan fingerprint density at radius 3 is 2.35 bits per heavy atom. The minimum absolute atomic E-state index is 0.0962. The van der Waals surface area contributed by atoms with Gasteiger partial charge >= 0.3 is 0 Å². The summed E-state index contributed by atoms with van der Waals surface area (Å²) < 4.78 is 12.8. The molecule has 1 N–H and O–H groups in total. The van der Waals surface area contributed by atoms with E-state index in [1.807, 2.05) is 24.3 Å². The molecule has 0 unspecified atom stereocenters. The van der Waals surface area contributed by atoms with Gasteiger partial charge in [0.15, 0.2) is 12.4 Å². The van der Waals surface area contributed by atoms with E-state index in [1.54, 1.807) is 7.11 Å². The van der Waals surface area contributed by atoms with Crippen LogP contribution in [0.25, 0.3) is 17.9 Å². The summed E-state index contributed by atoms with van der Waals surface area (Å²) >= 11 is 6.75. The number of ether oxygens (including phenoxy) is 2. The zero-order valence-electron chi connectivity index (χ0n) is 21.6. The van der Waals surface area contributed by atoms with E-state index in [9.17, 15) is 9.90 Å². The van der Waals surface area contributed by atoms with Crippen molar-refractivity contribution in [3.05, 3.63) is 63.9 Å². The Kier molecular flexibility index (Phi) is 8.19. The summed E-state index contributed by atoms with van der Waals surface area (Å²) in [5, 5.41) is 11.3. The van der Waals surface area contributed by atoms with Crippen LogP contribution in [0, 0.1) is 23.7 Å². The molecule has 4 saturated carbocycles. The molecule has 0 atom stereocenters. The van der Waals surface area contributed by atoms with Crippen molar-refractivity contribution in [1.29, 1.82) is 0 Å². The number of rotatable bonds is 11. The Labute approximate surface area is 224 Å². The number of phenolic OH excluding ortho intramolecular Hbond substituents is 1. The molecule has 0 saturated heterocycles. The zero-order valence-corrected chi connectivity index (χ0v) is 22.3. The number of carbonyl (C=O) groups is 1. The SMILES string of the molecule is COC(=C1C2CC3CC(C2)CC1C3)c1ccc(/C=C/c2cc[n+](CCCCCOC=O)cc2)c(O)c1Cl. The molecule has 37 heavy (non-hydrogen) atoms. The number of unbranched alkanes of at least 4 members (excludes halogenated alkanes) is 2. The predicted molar refractivity (Wildman–Crippen MR) is 146 cm³/mol. The second kappa shape index (κ2) is 11.7. The number of pyridine rings is 1. The first-order valence-electron chi connectivity index (χ1n) is 13.6. The van der Waals surface area contributed by atoms with Gasteiger partial charge in [0.25, 0.3) is 6.47 Å². The second-order valence-corrected chi connectivity index (χ2v) is 11.3. The molecule has 4 fully saturated rings. The van der Waals surface area contributed by atoms with E-state index in [1.165, 1.54) is 37.7 Å². The van der Waals surface area contributed by atoms with Gasteiger partial charge in [-0.15, -0.1) is 0 Å². The van der Waals surface area contributed by atoms with Gasteiger partial charge in [-0.2, -0.15) is 0 Å². The minimum atomic E-state index is 0.0962. The van der Waals surface area contributed by atoms with Crippen molar-refractivity contribution in [2.75, 3.05) is 13.7 Å². The number of halogens is 1. The van der Waals surface area contributed by atoms with Crippen LogP contribution in [0.5, 0.6) is 5.75 Å². The van der Waals surface area contributed by atoms with Crippen LogP contribution >= 0.6 is 11.6 Å². The molecule has 5 nitrogen and oxygen atoms in total.